The van der Waals surface area contributed by atoms with Gasteiger partial charge in [-0.15, -0.1) is 0 Å². The van der Waals surface area contributed by atoms with Crippen LogP contribution in [0.25, 0.3) is 6.08 Å². The van der Waals surface area contributed by atoms with Gasteiger partial charge in [-0.2, -0.15) is 0 Å². The zero-order valence-electron chi connectivity index (χ0n) is 14.5. The second-order valence-corrected chi connectivity index (χ2v) is 7.54. The van der Waals surface area contributed by atoms with Crippen LogP contribution in [0.3, 0.4) is 0 Å². The lowest BCUT2D eigenvalue weighted by Gasteiger charge is -2.14. The van der Waals surface area contributed by atoms with E-state index in [2.05, 4.69) is 5.32 Å². The second kappa shape index (κ2) is 8.85. The van der Waals surface area contributed by atoms with E-state index in [1.165, 1.54) is 41.1 Å². The molecular formula is C19H15N2O5S2-. The summed E-state index contributed by atoms with van der Waals surface area (Å²) in [6.07, 6.45) is 3.72. The van der Waals surface area contributed by atoms with Crippen LogP contribution in [0.1, 0.15) is 29.0 Å². The molecular weight excluding hydrogens is 400 g/mol. The number of carboxylic acids is 1. The minimum Gasteiger partial charge on any atom is -0.545 e. The molecule has 1 aromatic heterocycles. The quantitative estimate of drug-likeness (QED) is 0.547. The van der Waals surface area contributed by atoms with Gasteiger partial charge in [0.05, 0.1) is 17.1 Å². The van der Waals surface area contributed by atoms with E-state index in [-0.39, 0.29) is 23.8 Å². The van der Waals surface area contributed by atoms with Gasteiger partial charge >= 0.3 is 0 Å². The number of amides is 2. The maximum absolute atomic E-state index is 12.5. The Hall–Kier alpha value is -2.91. The molecule has 1 fully saturated rings. The molecule has 0 unspecified atom stereocenters. The van der Waals surface area contributed by atoms with Crippen molar-refractivity contribution in [3.63, 3.8) is 0 Å². The first-order valence-electron chi connectivity index (χ1n) is 8.34. The van der Waals surface area contributed by atoms with Crippen molar-refractivity contribution >= 4 is 57.8 Å². The number of carbonyl (C=O) groups is 3. The van der Waals surface area contributed by atoms with Crippen LogP contribution in [0.4, 0.5) is 5.69 Å². The van der Waals surface area contributed by atoms with Crippen molar-refractivity contribution in [2.24, 2.45) is 0 Å². The second-order valence-electron chi connectivity index (χ2n) is 5.87. The van der Waals surface area contributed by atoms with Gasteiger partial charge < -0.3 is 19.6 Å². The number of nitrogens with one attached hydrogen (secondary N) is 1. The molecule has 1 saturated heterocycles. The molecule has 0 bridgehead atoms. The van der Waals surface area contributed by atoms with E-state index < -0.39 is 5.97 Å². The zero-order chi connectivity index (χ0) is 20.1. The maximum Gasteiger partial charge on any atom is 0.266 e. The van der Waals surface area contributed by atoms with Crippen LogP contribution in [0.15, 0.2) is 52.0 Å². The standard InChI is InChI=1S/C19H16N2O5S2/c22-16(20-13-5-1-4-12(10-13)18(24)25)7-2-8-21-17(23)15(28-19(21)27)11-14-6-3-9-26-14/h1,3-6,9-11H,2,7-8H2,(H,20,22)(H,24,25)/p-1/b15-11-. The SMILES string of the molecule is O=C(CCCN1C(=O)/C(=C/c2ccco2)SC1=S)Nc1cccc(C(=O)[O-])c1. The number of benzene rings is 1. The molecule has 2 heterocycles. The highest BCUT2D eigenvalue weighted by Crippen LogP contribution is 2.32. The van der Waals surface area contributed by atoms with Crippen molar-refractivity contribution in [1.82, 2.24) is 4.90 Å². The van der Waals surface area contributed by atoms with Gasteiger partial charge in [0.1, 0.15) is 10.1 Å². The molecule has 0 spiro atoms. The van der Waals surface area contributed by atoms with Gasteiger partial charge in [0, 0.05) is 24.7 Å². The van der Waals surface area contributed by atoms with E-state index in [1.54, 1.807) is 24.3 Å². The summed E-state index contributed by atoms with van der Waals surface area (Å²) in [7, 11) is 0. The van der Waals surface area contributed by atoms with E-state index in [9.17, 15) is 19.5 Å². The third-order valence-corrected chi connectivity index (χ3v) is 5.24. The first-order chi connectivity index (χ1) is 13.4. The number of aromatic carboxylic acids is 1. The summed E-state index contributed by atoms with van der Waals surface area (Å²) in [5.74, 6) is -1.24. The Balaban J connectivity index is 1.51. The number of nitrogens with zero attached hydrogens (tertiary/aromatic N) is 1. The van der Waals surface area contributed by atoms with Crippen molar-refractivity contribution in [1.29, 1.82) is 0 Å². The average Bonchev–Trinajstić information content (AvgIpc) is 3.25. The predicted molar refractivity (Wildman–Crippen MR) is 107 cm³/mol. The fourth-order valence-electron chi connectivity index (χ4n) is 2.54. The molecule has 1 aromatic carbocycles. The van der Waals surface area contributed by atoms with Crippen molar-refractivity contribution < 1.29 is 23.9 Å². The molecule has 0 atom stereocenters. The number of hydrogen-bond donors (Lipinski definition) is 1. The van der Waals surface area contributed by atoms with E-state index in [1.807, 2.05) is 0 Å². The fraction of sp³-hybridized carbons (Fsp3) is 0.158. The van der Waals surface area contributed by atoms with Crippen LogP contribution < -0.4 is 10.4 Å². The molecule has 9 heteroatoms. The number of anilines is 1. The normalized spacial score (nSPS) is 15.3. The van der Waals surface area contributed by atoms with Crippen LogP contribution >= 0.6 is 24.0 Å². The molecule has 2 aromatic rings. The minimum atomic E-state index is -1.31. The Morgan fingerprint density at radius 1 is 1.29 bits per heavy atom. The maximum atomic E-state index is 12.5. The number of rotatable bonds is 7. The third kappa shape index (κ3) is 4.87. The number of carboxylic acid groups (broad SMARTS) is 1. The van der Waals surface area contributed by atoms with Gasteiger partial charge in [-0.1, -0.05) is 36.1 Å². The lowest BCUT2D eigenvalue weighted by atomic mass is 10.2. The van der Waals surface area contributed by atoms with Gasteiger partial charge in [-0.3, -0.25) is 14.5 Å². The zero-order valence-corrected chi connectivity index (χ0v) is 16.2. The van der Waals surface area contributed by atoms with Crippen molar-refractivity contribution in [2.45, 2.75) is 12.8 Å². The molecule has 1 aliphatic heterocycles. The monoisotopic (exact) mass is 415 g/mol. The highest BCUT2D eigenvalue weighted by atomic mass is 32.2. The van der Waals surface area contributed by atoms with Crippen molar-refractivity contribution in [3.05, 3.63) is 58.9 Å². The Kier molecular flexibility index (Phi) is 6.27. The van der Waals surface area contributed by atoms with Gasteiger partial charge in [0.25, 0.3) is 5.91 Å². The van der Waals surface area contributed by atoms with Gasteiger partial charge in [-0.05, 0) is 36.2 Å². The summed E-state index contributed by atoms with van der Waals surface area (Å²) in [4.78, 5) is 37.3. The largest absolute Gasteiger partial charge is 0.545 e. The third-order valence-electron chi connectivity index (χ3n) is 3.86. The summed E-state index contributed by atoms with van der Waals surface area (Å²) in [6.45, 7) is 0.312. The van der Waals surface area contributed by atoms with Crippen LogP contribution in [0, 0.1) is 0 Å². The molecule has 144 valence electrons. The van der Waals surface area contributed by atoms with Gasteiger partial charge in [0.15, 0.2) is 0 Å². The summed E-state index contributed by atoms with van der Waals surface area (Å²) in [5, 5.41) is 13.5. The molecule has 2 amide bonds. The summed E-state index contributed by atoms with van der Waals surface area (Å²) in [6, 6.07) is 9.29. The molecule has 1 aliphatic rings. The highest BCUT2D eigenvalue weighted by Gasteiger charge is 2.31. The minimum absolute atomic E-state index is 0.0151. The van der Waals surface area contributed by atoms with Crippen LogP contribution in [-0.4, -0.2) is 33.5 Å². The molecule has 0 aliphatic carbocycles. The predicted octanol–water partition coefficient (Wildman–Crippen LogP) is 2.26. The topological polar surface area (TPSA) is 103 Å². The number of thioether (sulfide) groups is 1. The molecule has 0 radical (unpaired) electrons. The number of furan rings is 1. The molecule has 28 heavy (non-hydrogen) atoms. The lowest BCUT2D eigenvalue weighted by Crippen LogP contribution is -2.29. The van der Waals surface area contributed by atoms with E-state index in [0.29, 0.717) is 33.6 Å². The van der Waals surface area contributed by atoms with E-state index >= 15 is 0 Å². The Morgan fingerprint density at radius 2 is 2.11 bits per heavy atom. The van der Waals surface area contributed by atoms with E-state index in [0.717, 1.165) is 0 Å². The average molecular weight is 415 g/mol. The first-order valence-corrected chi connectivity index (χ1v) is 9.56. The lowest BCUT2D eigenvalue weighted by molar-refractivity contribution is -0.255. The molecule has 0 saturated carbocycles. The van der Waals surface area contributed by atoms with Gasteiger partial charge in [0.2, 0.25) is 5.91 Å². The van der Waals surface area contributed by atoms with Crippen molar-refractivity contribution in [3.8, 4) is 0 Å². The summed E-state index contributed by atoms with van der Waals surface area (Å²) in [5.41, 5.74) is 0.359. The smallest absolute Gasteiger partial charge is 0.266 e. The molecule has 7 nitrogen and oxygen atoms in total. The Morgan fingerprint density at radius 3 is 2.82 bits per heavy atom. The molecule has 3 rings (SSSR count). The highest BCUT2D eigenvalue weighted by molar-refractivity contribution is 8.26. The number of hydrogen-bond acceptors (Lipinski definition) is 7. The summed E-state index contributed by atoms with van der Waals surface area (Å²) >= 11 is 6.44. The molecule has 1 N–H and O–H groups in total. The van der Waals surface area contributed by atoms with E-state index in [4.69, 9.17) is 16.6 Å². The first kappa shape index (κ1) is 19.8. The van der Waals surface area contributed by atoms with Gasteiger partial charge in [-0.25, -0.2) is 0 Å². The van der Waals surface area contributed by atoms with Crippen LogP contribution in [-0.2, 0) is 9.59 Å². The fourth-order valence-corrected chi connectivity index (χ4v) is 3.83. The number of carbonyl (C=O) groups excluding carboxylic acids is 3. The van der Waals surface area contributed by atoms with Crippen LogP contribution in [0.5, 0.6) is 0 Å². The number of thiocarbonyl (C=S) groups is 1. The Bertz CT molecular complexity index is 953. The van der Waals surface area contributed by atoms with Crippen LogP contribution in [0.2, 0.25) is 0 Å². The Labute approximate surface area is 170 Å². The van der Waals surface area contributed by atoms with Crippen molar-refractivity contribution in [2.75, 3.05) is 11.9 Å². The summed E-state index contributed by atoms with van der Waals surface area (Å²) < 4.78 is 5.64.